The molecule has 1 aliphatic rings. The summed E-state index contributed by atoms with van der Waals surface area (Å²) in [5, 5.41) is 4.53. The van der Waals surface area contributed by atoms with E-state index in [1.165, 1.54) is 0 Å². The highest BCUT2D eigenvalue weighted by Crippen LogP contribution is 2.38. The minimum absolute atomic E-state index is 0.0688. The molecule has 0 saturated heterocycles. The Morgan fingerprint density at radius 2 is 1.84 bits per heavy atom. The smallest absolute Gasteiger partial charge is 0.231 e. The standard InChI is InChI=1S/C15H19NO3/c1-9-10-5-12-13(18-8-17-12)6-11(10)19-14(9)7-16-15(2,3)4/h5-6,16H,7-8H2,1-4H3. The minimum Gasteiger partial charge on any atom is -0.459 e. The number of hydrogen-bond donors (Lipinski definition) is 1. The number of aryl methyl sites for hydroxylation is 1. The summed E-state index contributed by atoms with van der Waals surface area (Å²) in [6.07, 6.45) is 0. The van der Waals surface area contributed by atoms with Gasteiger partial charge in [-0.3, -0.25) is 0 Å². The Morgan fingerprint density at radius 3 is 2.53 bits per heavy atom. The summed E-state index contributed by atoms with van der Waals surface area (Å²) in [6.45, 7) is 9.51. The van der Waals surface area contributed by atoms with Gasteiger partial charge in [-0.1, -0.05) is 0 Å². The molecular formula is C15H19NO3. The van der Waals surface area contributed by atoms with Crippen molar-refractivity contribution in [1.82, 2.24) is 5.32 Å². The van der Waals surface area contributed by atoms with Crippen LogP contribution in [0.15, 0.2) is 16.5 Å². The Kier molecular flexibility index (Phi) is 2.71. The quantitative estimate of drug-likeness (QED) is 0.900. The molecule has 0 aliphatic carbocycles. The lowest BCUT2D eigenvalue weighted by molar-refractivity contribution is 0.174. The zero-order valence-electron chi connectivity index (χ0n) is 11.8. The molecule has 1 aromatic carbocycles. The van der Waals surface area contributed by atoms with E-state index in [1.54, 1.807) is 0 Å². The Morgan fingerprint density at radius 1 is 1.16 bits per heavy atom. The molecule has 1 N–H and O–H groups in total. The second-order valence-electron chi connectivity index (χ2n) is 5.96. The van der Waals surface area contributed by atoms with Gasteiger partial charge in [0.05, 0.1) is 6.54 Å². The Bertz CT molecular complexity index is 622. The van der Waals surface area contributed by atoms with Crippen molar-refractivity contribution < 1.29 is 13.9 Å². The SMILES string of the molecule is Cc1c(CNC(C)(C)C)oc2cc3c(cc12)OCO3. The van der Waals surface area contributed by atoms with Crippen LogP contribution in [-0.2, 0) is 6.54 Å². The zero-order chi connectivity index (χ0) is 13.6. The van der Waals surface area contributed by atoms with Crippen molar-refractivity contribution in [1.29, 1.82) is 0 Å². The molecule has 0 radical (unpaired) electrons. The maximum atomic E-state index is 5.92. The normalized spacial score (nSPS) is 14.3. The van der Waals surface area contributed by atoms with E-state index in [2.05, 4.69) is 33.0 Å². The summed E-state index contributed by atoms with van der Waals surface area (Å²) in [5.41, 5.74) is 2.08. The third kappa shape index (κ3) is 2.28. The predicted octanol–water partition coefficient (Wildman–Crippen LogP) is 3.36. The second-order valence-corrected chi connectivity index (χ2v) is 5.96. The molecule has 0 fully saturated rings. The number of furan rings is 1. The first-order chi connectivity index (χ1) is 8.94. The molecular weight excluding hydrogens is 242 g/mol. The highest BCUT2D eigenvalue weighted by molar-refractivity contribution is 5.85. The molecule has 0 saturated carbocycles. The molecule has 0 unspecified atom stereocenters. The molecule has 19 heavy (non-hydrogen) atoms. The van der Waals surface area contributed by atoms with Crippen molar-refractivity contribution in [3.8, 4) is 11.5 Å². The highest BCUT2D eigenvalue weighted by atomic mass is 16.7. The maximum Gasteiger partial charge on any atom is 0.231 e. The van der Waals surface area contributed by atoms with Gasteiger partial charge in [-0.25, -0.2) is 0 Å². The lowest BCUT2D eigenvalue weighted by atomic mass is 10.1. The van der Waals surface area contributed by atoms with E-state index in [1.807, 2.05) is 12.1 Å². The van der Waals surface area contributed by atoms with E-state index in [9.17, 15) is 0 Å². The zero-order valence-corrected chi connectivity index (χ0v) is 11.8. The molecule has 0 atom stereocenters. The number of benzene rings is 1. The van der Waals surface area contributed by atoms with E-state index in [0.29, 0.717) is 6.79 Å². The maximum absolute atomic E-state index is 5.92. The number of fused-ring (bicyclic) bond motifs is 2. The van der Waals surface area contributed by atoms with Crippen molar-refractivity contribution >= 4 is 11.0 Å². The first-order valence-electron chi connectivity index (χ1n) is 6.51. The summed E-state index contributed by atoms with van der Waals surface area (Å²) >= 11 is 0. The van der Waals surface area contributed by atoms with Gasteiger partial charge >= 0.3 is 0 Å². The molecule has 0 amide bonds. The molecule has 1 aromatic heterocycles. The first-order valence-corrected chi connectivity index (χ1v) is 6.51. The summed E-state index contributed by atoms with van der Waals surface area (Å²) in [5.74, 6) is 2.52. The van der Waals surface area contributed by atoms with Gasteiger partial charge in [-0.15, -0.1) is 0 Å². The van der Waals surface area contributed by atoms with Crippen LogP contribution in [0.4, 0.5) is 0 Å². The predicted molar refractivity (Wildman–Crippen MR) is 73.7 cm³/mol. The van der Waals surface area contributed by atoms with E-state index in [-0.39, 0.29) is 5.54 Å². The van der Waals surface area contributed by atoms with Crippen LogP contribution in [0.2, 0.25) is 0 Å². The number of rotatable bonds is 2. The molecule has 2 heterocycles. The van der Waals surface area contributed by atoms with Crippen molar-refractivity contribution in [3.05, 3.63) is 23.5 Å². The molecule has 102 valence electrons. The molecule has 3 rings (SSSR count). The summed E-state index contributed by atoms with van der Waals surface area (Å²) < 4.78 is 16.7. The van der Waals surface area contributed by atoms with Gasteiger partial charge in [0, 0.05) is 17.0 Å². The molecule has 4 heteroatoms. The van der Waals surface area contributed by atoms with E-state index in [0.717, 1.165) is 40.3 Å². The number of hydrogen-bond acceptors (Lipinski definition) is 4. The molecule has 2 aromatic rings. The van der Waals surface area contributed by atoms with Crippen molar-refractivity contribution in [2.45, 2.75) is 39.8 Å². The Hall–Kier alpha value is -1.68. The van der Waals surface area contributed by atoms with Crippen molar-refractivity contribution in [3.63, 3.8) is 0 Å². The van der Waals surface area contributed by atoms with E-state index >= 15 is 0 Å². The fourth-order valence-electron chi connectivity index (χ4n) is 2.17. The summed E-state index contributed by atoms with van der Waals surface area (Å²) in [7, 11) is 0. The summed E-state index contributed by atoms with van der Waals surface area (Å²) in [4.78, 5) is 0. The lowest BCUT2D eigenvalue weighted by Gasteiger charge is -2.19. The average Bonchev–Trinajstić information content (AvgIpc) is 2.88. The van der Waals surface area contributed by atoms with Crippen LogP contribution in [0.25, 0.3) is 11.0 Å². The van der Waals surface area contributed by atoms with Gasteiger partial charge in [-0.2, -0.15) is 0 Å². The Balaban J connectivity index is 1.97. The van der Waals surface area contributed by atoms with Gasteiger partial charge < -0.3 is 19.2 Å². The fraction of sp³-hybridized carbons (Fsp3) is 0.467. The van der Waals surface area contributed by atoms with Crippen LogP contribution in [-0.4, -0.2) is 12.3 Å². The van der Waals surface area contributed by atoms with Gasteiger partial charge in [0.2, 0.25) is 6.79 Å². The van der Waals surface area contributed by atoms with E-state index in [4.69, 9.17) is 13.9 Å². The highest BCUT2D eigenvalue weighted by Gasteiger charge is 2.19. The fourth-order valence-corrected chi connectivity index (χ4v) is 2.17. The Labute approximate surface area is 112 Å². The number of nitrogens with one attached hydrogen (secondary N) is 1. The van der Waals surface area contributed by atoms with Crippen LogP contribution >= 0.6 is 0 Å². The monoisotopic (exact) mass is 261 g/mol. The molecule has 0 spiro atoms. The molecule has 1 aliphatic heterocycles. The number of ether oxygens (including phenoxy) is 2. The van der Waals surface area contributed by atoms with Crippen LogP contribution < -0.4 is 14.8 Å². The van der Waals surface area contributed by atoms with Gasteiger partial charge in [0.25, 0.3) is 0 Å². The topological polar surface area (TPSA) is 43.6 Å². The lowest BCUT2D eigenvalue weighted by Crippen LogP contribution is -2.35. The third-order valence-electron chi connectivity index (χ3n) is 3.31. The summed E-state index contributed by atoms with van der Waals surface area (Å²) in [6, 6.07) is 3.91. The van der Waals surface area contributed by atoms with Crippen LogP contribution in [0.5, 0.6) is 11.5 Å². The van der Waals surface area contributed by atoms with Crippen LogP contribution in [0, 0.1) is 6.92 Å². The van der Waals surface area contributed by atoms with Crippen LogP contribution in [0.1, 0.15) is 32.1 Å². The van der Waals surface area contributed by atoms with Gasteiger partial charge in [-0.05, 0) is 39.3 Å². The minimum atomic E-state index is 0.0688. The molecule has 0 bridgehead atoms. The van der Waals surface area contributed by atoms with Crippen LogP contribution in [0.3, 0.4) is 0 Å². The molecule has 4 nitrogen and oxygen atoms in total. The van der Waals surface area contributed by atoms with E-state index < -0.39 is 0 Å². The van der Waals surface area contributed by atoms with Gasteiger partial charge in [0.15, 0.2) is 11.5 Å². The van der Waals surface area contributed by atoms with Gasteiger partial charge in [0.1, 0.15) is 11.3 Å². The largest absolute Gasteiger partial charge is 0.459 e. The third-order valence-corrected chi connectivity index (χ3v) is 3.31. The first kappa shape index (κ1) is 12.4. The second kappa shape index (κ2) is 4.17. The van der Waals surface area contributed by atoms with Crippen molar-refractivity contribution in [2.24, 2.45) is 0 Å². The average molecular weight is 261 g/mol. The van der Waals surface area contributed by atoms with Crippen molar-refractivity contribution in [2.75, 3.05) is 6.79 Å².